The van der Waals surface area contributed by atoms with Crippen LogP contribution in [0.5, 0.6) is 5.75 Å². The molecule has 2 aromatic carbocycles. The molecule has 2 aromatic rings. The monoisotopic (exact) mass is 273 g/mol. The molecule has 3 rings (SSSR count). The van der Waals surface area contributed by atoms with Crippen molar-refractivity contribution in [3.8, 4) is 5.75 Å². The zero-order chi connectivity index (χ0) is 13.6. The lowest BCUT2D eigenvalue weighted by Crippen LogP contribution is -2.33. The number of thioether (sulfide) groups is 1. The summed E-state index contributed by atoms with van der Waals surface area (Å²) in [5.74, 6) is -0.426. The normalized spacial score (nSPS) is 16.3. The Labute approximate surface area is 113 Å². The maximum absolute atomic E-state index is 11.4. The SMILES string of the molecule is CCN1C(=Cc2c(O)c(=O)c2=O)Sc2ccccc21. The molecular formula is C14H11NO3S. The van der Waals surface area contributed by atoms with E-state index in [4.69, 9.17) is 0 Å². The quantitative estimate of drug-likeness (QED) is 0.847. The molecule has 0 saturated carbocycles. The highest BCUT2D eigenvalue weighted by Crippen LogP contribution is 2.46. The third kappa shape index (κ3) is 1.69. The smallest absolute Gasteiger partial charge is 0.268 e. The molecule has 0 atom stereocenters. The van der Waals surface area contributed by atoms with Gasteiger partial charge in [-0.2, -0.15) is 0 Å². The number of fused-ring (bicyclic) bond motifs is 1. The predicted molar refractivity (Wildman–Crippen MR) is 76.3 cm³/mol. The van der Waals surface area contributed by atoms with E-state index < -0.39 is 16.6 Å². The highest BCUT2D eigenvalue weighted by Gasteiger charge is 2.26. The molecule has 0 aromatic heterocycles. The number of hydrogen-bond acceptors (Lipinski definition) is 5. The minimum Gasteiger partial charge on any atom is -0.504 e. The third-order valence-corrected chi connectivity index (χ3v) is 4.25. The van der Waals surface area contributed by atoms with Gasteiger partial charge in [-0.05, 0) is 25.1 Å². The summed E-state index contributed by atoms with van der Waals surface area (Å²) >= 11 is 1.53. The standard InChI is InChI=1S/C14H11NO3S/c1-2-15-9-5-3-4-6-10(9)19-11(15)7-8-12(16)14(18)13(8)17/h3-7,16H,2H2,1H3. The Bertz CT molecular complexity index is 756. The minimum absolute atomic E-state index is 0.110. The third-order valence-electron chi connectivity index (χ3n) is 3.14. The largest absolute Gasteiger partial charge is 0.504 e. The van der Waals surface area contributed by atoms with E-state index in [-0.39, 0.29) is 5.56 Å². The predicted octanol–water partition coefficient (Wildman–Crippen LogP) is 1.92. The first-order chi connectivity index (χ1) is 9.13. The van der Waals surface area contributed by atoms with E-state index in [1.54, 1.807) is 6.08 Å². The van der Waals surface area contributed by atoms with Gasteiger partial charge in [-0.25, -0.2) is 0 Å². The van der Waals surface area contributed by atoms with E-state index in [9.17, 15) is 14.7 Å². The Balaban J connectivity index is 2.05. The summed E-state index contributed by atoms with van der Waals surface area (Å²) in [7, 11) is 0. The summed E-state index contributed by atoms with van der Waals surface area (Å²) in [6.07, 6.45) is 1.59. The molecule has 4 nitrogen and oxygen atoms in total. The van der Waals surface area contributed by atoms with E-state index in [1.165, 1.54) is 11.8 Å². The van der Waals surface area contributed by atoms with E-state index in [2.05, 4.69) is 4.90 Å². The first-order valence-electron chi connectivity index (χ1n) is 5.92. The van der Waals surface area contributed by atoms with Gasteiger partial charge in [-0.15, -0.1) is 0 Å². The van der Waals surface area contributed by atoms with Crippen LogP contribution in [0.3, 0.4) is 0 Å². The van der Waals surface area contributed by atoms with Gasteiger partial charge < -0.3 is 10.0 Å². The van der Waals surface area contributed by atoms with Gasteiger partial charge in [0.1, 0.15) is 0 Å². The molecule has 0 bridgehead atoms. The summed E-state index contributed by atoms with van der Waals surface area (Å²) in [5, 5.41) is 10.3. The van der Waals surface area contributed by atoms with E-state index in [0.29, 0.717) is 0 Å². The Kier molecular flexibility index (Phi) is 2.71. The lowest BCUT2D eigenvalue weighted by molar-refractivity contribution is 0.461. The van der Waals surface area contributed by atoms with Gasteiger partial charge in [0.05, 0.1) is 16.3 Å². The highest BCUT2D eigenvalue weighted by atomic mass is 32.2. The van der Waals surface area contributed by atoms with Crippen LogP contribution in [0.4, 0.5) is 5.69 Å². The molecule has 0 saturated heterocycles. The molecular weight excluding hydrogens is 262 g/mol. The van der Waals surface area contributed by atoms with E-state index in [0.717, 1.165) is 22.2 Å². The molecule has 1 N–H and O–H groups in total. The second-order valence-corrected chi connectivity index (χ2v) is 5.28. The fourth-order valence-corrected chi connectivity index (χ4v) is 3.31. The van der Waals surface area contributed by atoms with E-state index >= 15 is 0 Å². The number of aromatic hydroxyl groups is 1. The van der Waals surface area contributed by atoms with Crippen molar-refractivity contribution in [1.29, 1.82) is 0 Å². The number of para-hydroxylation sites is 1. The van der Waals surface area contributed by atoms with Crippen LogP contribution in [0, 0.1) is 0 Å². The van der Waals surface area contributed by atoms with Crippen molar-refractivity contribution in [2.75, 3.05) is 11.4 Å². The Morgan fingerprint density at radius 2 is 2.00 bits per heavy atom. The zero-order valence-electron chi connectivity index (χ0n) is 10.2. The maximum atomic E-state index is 11.4. The first-order valence-corrected chi connectivity index (χ1v) is 6.73. The summed E-state index contributed by atoms with van der Waals surface area (Å²) in [4.78, 5) is 25.6. The average molecular weight is 273 g/mol. The van der Waals surface area contributed by atoms with Crippen molar-refractivity contribution in [3.63, 3.8) is 0 Å². The first kappa shape index (κ1) is 12.0. The second kappa shape index (κ2) is 4.28. The van der Waals surface area contributed by atoms with Crippen LogP contribution in [0.2, 0.25) is 0 Å². The highest BCUT2D eigenvalue weighted by molar-refractivity contribution is 8.03. The van der Waals surface area contributed by atoms with Crippen molar-refractivity contribution in [2.24, 2.45) is 0 Å². The molecule has 0 fully saturated rings. The van der Waals surface area contributed by atoms with Gasteiger partial charge in [0.2, 0.25) is 5.43 Å². The summed E-state index contributed by atoms with van der Waals surface area (Å²) < 4.78 is 0. The summed E-state index contributed by atoms with van der Waals surface area (Å²) in [6.45, 7) is 2.77. The summed E-state index contributed by atoms with van der Waals surface area (Å²) in [5.41, 5.74) is -0.216. The van der Waals surface area contributed by atoms with E-state index in [1.807, 2.05) is 31.2 Å². The minimum atomic E-state index is -0.796. The summed E-state index contributed by atoms with van der Waals surface area (Å²) in [6, 6.07) is 7.93. The number of rotatable bonds is 2. The number of hydrogen-bond donors (Lipinski definition) is 1. The Morgan fingerprint density at radius 1 is 1.26 bits per heavy atom. The van der Waals surface area contributed by atoms with Crippen LogP contribution in [0.1, 0.15) is 12.5 Å². The zero-order valence-corrected chi connectivity index (χ0v) is 11.0. The van der Waals surface area contributed by atoms with Crippen molar-refractivity contribution < 1.29 is 5.11 Å². The lowest BCUT2D eigenvalue weighted by Gasteiger charge is -2.18. The Hall–Kier alpha value is -2.01. The van der Waals surface area contributed by atoms with Crippen LogP contribution in [0.15, 0.2) is 43.8 Å². The molecule has 1 aliphatic rings. The lowest BCUT2D eigenvalue weighted by atomic mass is 10.1. The fraction of sp³-hybridized carbons (Fsp3) is 0.143. The molecule has 0 aliphatic carbocycles. The molecule has 0 amide bonds. The molecule has 0 unspecified atom stereocenters. The number of anilines is 1. The van der Waals surface area contributed by atoms with Gasteiger partial charge >= 0.3 is 0 Å². The fourth-order valence-electron chi connectivity index (χ4n) is 2.14. The number of benzene rings is 1. The van der Waals surface area contributed by atoms with Gasteiger partial charge in [-0.3, -0.25) is 9.59 Å². The van der Waals surface area contributed by atoms with Gasteiger partial charge in [0.15, 0.2) is 5.75 Å². The second-order valence-electron chi connectivity index (χ2n) is 4.22. The topological polar surface area (TPSA) is 57.6 Å². The van der Waals surface area contributed by atoms with Crippen LogP contribution in [-0.4, -0.2) is 11.7 Å². The van der Waals surface area contributed by atoms with Crippen LogP contribution in [0.25, 0.3) is 6.08 Å². The molecule has 0 radical (unpaired) electrons. The van der Waals surface area contributed by atoms with Crippen molar-refractivity contribution in [2.45, 2.75) is 11.8 Å². The Morgan fingerprint density at radius 3 is 2.68 bits per heavy atom. The van der Waals surface area contributed by atoms with Crippen molar-refractivity contribution >= 4 is 23.5 Å². The molecule has 5 heteroatoms. The van der Waals surface area contributed by atoms with Crippen LogP contribution < -0.4 is 15.8 Å². The van der Waals surface area contributed by atoms with Crippen molar-refractivity contribution in [1.82, 2.24) is 0 Å². The van der Waals surface area contributed by atoms with Gasteiger partial charge in [-0.1, -0.05) is 23.9 Å². The van der Waals surface area contributed by atoms with Crippen LogP contribution >= 0.6 is 11.8 Å². The maximum Gasteiger partial charge on any atom is 0.268 e. The average Bonchev–Trinajstić information content (AvgIpc) is 2.80. The molecule has 1 heterocycles. The molecule has 1 aliphatic heterocycles. The number of nitrogens with zero attached hydrogens (tertiary/aromatic N) is 1. The van der Waals surface area contributed by atoms with Gasteiger partial charge in [0, 0.05) is 11.4 Å². The van der Waals surface area contributed by atoms with Crippen LogP contribution in [-0.2, 0) is 0 Å². The van der Waals surface area contributed by atoms with Crippen molar-refractivity contribution in [3.05, 3.63) is 55.3 Å². The molecule has 19 heavy (non-hydrogen) atoms. The van der Waals surface area contributed by atoms with Gasteiger partial charge in [0.25, 0.3) is 5.43 Å². The molecule has 96 valence electrons. The molecule has 0 spiro atoms.